The van der Waals surface area contributed by atoms with E-state index in [1.165, 1.54) is 4.57 Å². The van der Waals surface area contributed by atoms with Crippen LogP contribution in [0.25, 0.3) is 0 Å². The lowest BCUT2D eigenvalue weighted by Crippen LogP contribution is -2.46. The van der Waals surface area contributed by atoms with Gasteiger partial charge in [-0.15, -0.1) is 0 Å². The topological polar surface area (TPSA) is 136 Å². The maximum atomic E-state index is 10.7. The maximum absolute atomic E-state index is 10.7. The average Bonchev–Trinajstić information content (AvgIpc) is 2.72. The van der Waals surface area contributed by atoms with Crippen molar-refractivity contribution in [2.24, 2.45) is 0 Å². The van der Waals surface area contributed by atoms with Crippen LogP contribution in [0.2, 0.25) is 0 Å². The zero-order valence-electron chi connectivity index (χ0n) is 8.63. The Hall–Kier alpha value is -1.48. The number of aliphatic hydroxyl groups excluding tert-OH is 4. The van der Waals surface area contributed by atoms with Crippen molar-refractivity contribution in [1.29, 1.82) is 0 Å². The molecule has 0 bridgehead atoms. The van der Waals surface area contributed by atoms with Gasteiger partial charge in [-0.1, -0.05) is 0 Å². The van der Waals surface area contributed by atoms with Gasteiger partial charge in [-0.25, -0.2) is 9.78 Å². The quantitative estimate of drug-likeness (QED) is 0.401. The van der Waals surface area contributed by atoms with Gasteiger partial charge in [0.05, 0.1) is 12.6 Å². The number of carbonyl (C=O) groups is 1. The molecule has 0 radical (unpaired) electrons. The van der Waals surface area contributed by atoms with Crippen LogP contribution in [0.5, 0.6) is 0 Å². The zero-order valence-corrected chi connectivity index (χ0v) is 8.63. The summed E-state index contributed by atoms with van der Waals surface area (Å²) in [4.78, 5) is 14.4. The van der Waals surface area contributed by atoms with Crippen molar-refractivity contribution in [3.8, 4) is 0 Å². The minimum atomic E-state index is -1.51. The fourth-order valence-corrected chi connectivity index (χ4v) is 1.92. The molecule has 0 spiro atoms. The zero-order chi connectivity index (χ0) is 12.7. The first kappa shape index (κ1) is 12.0. The largest absolute Gasteiger partial charge is 0.476 e. The third-order valence-electron chi connectivity index (χ3n) is 2.86. The molecule has 1 aromatic heterocycles. The van der Waals surface area contributed by atoms with Crippen LogP contribution in [-0.2, 0) is 0 Å². The van der Waals surface area contributed by atoms with E-state index in [9.17, 15) is 20.1 Å². The van der Waals surface area contributed by atoms with Gasteiger partial charge in [0.1, 0.15) is 24.1 Å². The predicted molar refractivity (Wildman–Crippen MR) is 52.3 cm³/mol. The van der Waals surface area contributed by atoms with E-state index >= 15 is 0 Å². The van der Waals surface area contributed by atoms with Crippen molar-refractivity contribution < 1.29 is 30.3 Å². The van der Waals surface area contributed by atoms with Gasteiger partial charge in [0, 0.05) is 6.20 Å². The first-order valence-electron chi connectivity index (χ1n) is 4.94. The van der Waals surface area contributed by atoms with Crippen LogP contribution in [0.15, 0.2) is 6.20 Å². The Morgan fingerprint density at radius 3 is 2.53 bits per heavy atom. The highest BCUT2D eigenvalue weighted by atomic mass is 16.4. The van der Waals surface area contributed by atoms with Crippen LogP contribution in [0, 0.1) is 0 Å². The molecule has 0 unspecified atom stereocenters. The van der Waals surface area contributed by atoms with Crippen LogP contribution in [-0.4, -0.2) is 59.9 Å². The molecule has 0 saturated carbocycles. The van der Waals surface area contributed by atoms with E-state index in [0.717, 1.165) is 6.20 Å². The fourth-order valence-electron chi connectivity index (χ4n) is 1.92. The van der Waals surface area contributed by atoms with Gasteiger partial charge in [-0.2, -0.15) is 0 Å². The normalized spacial score (nSPS) is 32.2. The Bertz CT molecular complexity index is 445. The van der Waals surface area contributed by atoms with Crippen LogP contribution in [0.1, 0.15) is 28.5 Å². The molecule has 2 rings (SSSR count). The summed E-state index contributed by atoms with van der Waals surface area (Å²) in [7, 11) is 0. The number of rotatable bonds is 2. The van der Waals surface area contributed by atoms with E-state index in [4.69, 9.17) is 10.2 Å². The summed E-state index contributed by atoms with van der Waals surface area (Å²) in [6.45, 7) is -0.507. The van der Waals surface area contributed by atoms with Crippen LogP contribution in [0.4, 0.5) is 0 Å². The van der Waals surface area contributed by atoms with Gasteiger partial charge in [-0.3, -0.25) is 0 Å². The molecule has 0 saturated heterocycles. The standard InChI is InChI=1S/C9H12N2O6/c12-2-4-5(13)6(14)7(15)8-10-3(9(16)17)1-11(4)8/h1,4-7,12-15H,2H2,(H,16,17)/t4-,5-,6+,7-/m1/s1. The Balaban J connectivity index is 2.52. The maximum Gasteiger partial charge on any atom is 0.356 e. The van der Waals surface area contributed by atoms with E-state index in [1.54, 1.807) is 0 Å². The summed E-state index contributed by atoms with van der Waals surface area (Å²) in [5.41, 5.74) is -0.321. The molecule has 4 atom stereocenters. The third kappa shape index (κ3) is 1.71. The van der Waals surface area contributed by atoms with E-state index in [-0.39, 0.29) is 11.5 Å². The summed E-state index contributed by atoms with van der Waals surface area (Å²) in [6.07, 6.45) is -3.28. The lowest BCUT2D eigenvalue weighted by Gasteiger charge is -2.35. The molecular formula is C9H12N2O6. The van der Waals surface area contributed by atoms with Gasteiger partial charge >= 0.3 is 5.97 Å². The van der Waals surface area contributed by atoms with Crippen molar-refractivity contribution in [3.63, 3.8) is 0 Å². The molecule has 8 heteroatoms. The number of imidazole rings is 1. The number of aliphatic hydroxyl groups is 4. The van der Waals surface area contributed by atoms with Gasteiger partial charge in [0.15, 0.2) is 5.69 Å². The highest BCUT2D eigenvalue weighted by Crippen LogP contribution is 2.32. The summed E-state index contributed by atoms with van der Waals surface area (Å²) < 4.78 is 1.17. The molecule has 17 heavy (non-hydrogen) atoms. The van der Waals surface area contributed by atoms with E-state index in [1.807, 2.05) is 0 Å². The minimum Gasteiger partial charge on any atom is -0.476 e. The summed E-state index contributed by atoms with van der Waals surface area (Å²) in [5, 5.41) is 46.7. The number of carboxylic acids is 1. The van der Waals surface area contributed by atoms with Gasteiger partial charge in [0.25, 0.3) is 0 Å². The predicted octanol–water partition coefficient (Wildman–Crippen LogP) is -2.12. The Morgan fingerprint density at radius 2 is 2.00 bits per heavy atom. The molecule has 0 fully saturated rings. The molecular weight excluding hydrogens is 232 g/mol. The molecule has 0 aliphatic carbocycles. The number of carboxylic acid groups (broad SMARTS) is 1. The van der Waals surface area contributed by atoms with E-state index < -0.39 is 36.9 Å². The molecule has 1 aromatic rings. The second kappa shape index (κ2) is 4.08. The minimum absolute atomic E-state index is 0.0840. The third-order valence-corrected chi connectivity index (χ3v) is 2.86. The van der Waals surface area contributed by atoms with Crippen molar-refractivity contribution in [1.82, 2.24) is 9.55 Å². The lowest BCUT2D eigenvalue weighted by atomic mass is 9.96. The summed E-state index contributed by atoms with van der Waals surface area (Å²) in [6, 6.07) is -0.927. The van der Waals surface area contributed by atoms with Crippen LogP contribution < -0.4 is 0 Å². The molecule has 2 heterocycles. The number of hydrogen-bond donors (Lipinski definition) is 5. The first-order chi connectivity index (χ1) is 7.97. The molecule has 94 valence electrons. The van der Waals surface area contributed by atoms with Gasteiger partial charge in [-0.05, 0) is 0 Å². The fraction of sp³-hybridized carbons (Fsp3) is 0.556. The van der Waals surface area contributed by atoms with E-state index in [0.29, 0.717) is 0 Å². The van der Waals surface area contributed by atoms with Crippen molar-refractivity contribution in [2.75, 3.05) is 6.61 Å². The average molecular weight is 244 g/mol. The van der Waals surface area contributed by atoms with Gasteiger partial charge < -0.3 is 30.1 Å². The number of aromatic carboxylic acids is 1. The van der Waals surface area contributed by atoms with Crippen molar-refractivity contribution in [2.45, 2.75) is 24.4 Å². The number of aromatic nitrogens is 2. The Kier molecular flexibility index (Phi) is 2.87. The highest BCUT2D eigenvalue weighted by molar-refractivity contribution is 5.85. The Morgan fingerprint density at radius 1 is 1.35 bits per heavy atom. The van der Waals surface area contributed by atoms with Crippen molar-refractivity contribution in [3.05, 3.63) is 17.7 Å². The first-order valence-corrected chi connectivity index (χ1v) is 4.94. The van der Waals surface area contributed by atoms with Crippen molar-refractivity contribution >= 4 is 5.97 Å². The Labute approximate surface area is 95.4 Å². The second-order valence-corrected chi connectivity index (χ2v) is 3.87. The molecule has 8 nitrogen and oxygen atoms in total. The summed E-state index contributed by atoms with van der Waals surface area (Å²) >= 11 is 0. The smallest absolute Gasteiger partial charge is 0.356 e. The molecule has 0 aromatic carbocycles. The summed E-state index contributed by atoms with van der Waals surface area (Å²) in [5.74, 6) is -1.38. The molecule has 1 aliphatic heterocycles. The molecule has 5 N–H and O–H groups in total. The second-order valence-electron chi connectivity index (χ2n) is 3.87. The number of nitrogens with zero attached hydrogens (tertiary/aromatic N) is 2. The monoisotopic (exact) mass is 244 g/mol. The van der Waals surface area contributed by atoms with Gasteiger partial charge in [0.2, 0.25) is 0 Å². The number of hydrogen-bond acceptors (Lipinski definition) is 6. The highest BCUT2D eigenvalue weighted by Gasteiger charge is 2.41. The molecule has 0 amide bonds. The van der Waals surface area contributed by atoms with Crippen LogP contribution >= 0.6 is 0 Å². The molecule has 1 aliphatic rings. The number of fused-ring (bicyclic) bond motifs is 1. The van der Waals surface area contributed by atoms with E-state index in [2.05, 4.69) is 4.98 Å². The SMILES string of the molecule is O=C(O)c1cn2c(n1)[C@H](O)[C@@H](O)[C@H](O)[C@H]2CO. The lowest BCUT2D eigenvalue weighted by molar-refractivity contribution is -0.108. The van der Waals surface area contributed by atoms with Crippen LogP contribution in [0.3, 0.4) is 0 Å².